The van der Waals surface area contributed by atoms with E-state index in [1.165, 1.54) is 12.0 Å². The third-order valence-corrected chi connectivity index (χ3v) is 5.14. The smallest absolute Gasteiger partial charge is 0.0699 e. The molecule has 1 aromatic rings. The molecule has 2 heteroatoms. The highest BCUT2D eigenvalue weighted by atomic mass is 32.2. The molecule has 100 valence electrons. The van der Waals surface area contributed by atoms with Crippen molar-refractivity contribution in [3.8, 4) is 0 Å². The van der Waals surface area contributed by atoms with Crippen LogP contribution in [0.2, 0.25) is 0 Å². The maximum absolute atomic E-state index is 5.96. The van der Waals surface area contributed by atoms with Gasteiger partial charge in [-0.3, -0.25) is 0 Å². The zero-order valence-corrected chi connectivity index (χ0v) is 12.5. The van der Waals surface area contributed by atoms with Crippen LogP contribution in [0, 0.1) is 11.8 Å². The van der Waals surface area contributed by atoms with E-state index in [1.807, 2.05) is 0 Å². The molecule has 0 amide bonds. The van der Waals surface area contributed by atoms with Crippen LogP contribution in [0.5, 0.6) is 0 Å². The predicted molar refractivity (Wildman–Crippen MR) is 79.9 cm³/mol. The van der Waals surface area contributed by atoms with Gasteiger partial charge in [0.05, 0.1) is 12.7 Å². The fourth-order valence-electron chi connectivity index (χ4n) is 2.54. The molecule has 3 atom stereocenters. The number of ether oxygens (including phenoxy) is 1. The topological polar surface area (TPSA) is 9.23 Å². The Kier molecular flexibility index (Phi) is 5.13. The molecule has 1 aromatic carbocycles. The van der Waals surface area contributed by atoms with Gasteiger partial charge in [0.25, 0.3) is 0 Å². The summed E-state index contributed by atoms with van der Waals surface area (Å²) in [6.07, 6.45) is 1.64. The summed E-state index contributed by atoms with van der Waals surface area (Å²) >= 11 is 2.07. The van der Waals surface area contributed by atoms with E-state index in [1.54, 1.807) is 0 Å². The number of hydrogen-bond donors (Lipinski definition) is 0. The highest BCUT2D eigenvalue weighted by Crippen LogP contribution is 2.35. The van der Waals surface area contributed by atoms with Crippen LogP contribution >= 0.6 is 11.8 Å². The summed E-state index contributed by atoms with van der Waals surface area (Å²) in [5.41, 5.74) is 1.42. The Morgan fingerprint density at radius 2 is 2.00 bits per heavy atom. The fourth-order valence-corrected chi connectivity index (χ4v) is 3.93. The van der Waals surface area contributed by atoms with Gasteiger partial charge in [0.15, 0.2) is 0 Å². The van der Waals surface area contributed by atoms with Crippen LogP contribution in [0.4, 0.5) is 0 Å². The van der Waals surface area contributed by atoms with Crippen LogP contribution in [-0.4, -0.2) is 18.0 Å². The first kappa shape index (κ1) is 14.0. The Morgan fingerprint density at radius 3 is 2.67 bits per heavy atom. The molecule has 0 N–H and O–H groups in total. The van der Waals surface area contributed by atoms with Crippen molar-refractivity contribution in [1.29, 1.82) is 0 Å². The van der Waals surface area contributed by atoms with Crippen LogP contribution < -0.4 is 0 Å². The average molecular weight is 264 g/mol. The fraction of sp³-hybridized carbons (Fsp3) is 0.625. The lowest BCUT2D eigenvalue weighted by Crippen LogP contribution is -2.24. The van der Waals surface area contributed by atoms with Crippen LogP contribution in [0.15, 0.2) is 30.3 Å². The molecule has 1 saturated heterocycles. The molecular weight excluding hydrogens is 240 g/mol. The molecule has 1 heterocycles. The summed E-state index contributed by atoms with van der Waals surface area (Å²) in [5, 5.41) is 0.660. The minimum Gasteiger partial charge on any atom is -0.377 e. The number of hydrogen-bond acceptors (Lipinski definition) is 2. The van der Waals surface area contributed by atoms with Crippen LogP contribution in [-0.2, 0) is 10.5 Å². The summed E-state index contributed by atoms with van der Waals surface area (Å²) in [6, 6.07) is 10.7. The Labute approximate surface area is 115 Å². The molecular formula is C16H24OS. The standard InChI is InChI=1S/C16H24OS/c1-12(2)9-15-16(13(3)10-17-15)18-11-14-7-5-4-6-8-14/h4-8,12-13,15-16H,9-11H2,1-3H3/t13-,15+,16+/m0/s1. The van der Waals surface area contributed by atoms with Crippen LogP contribution in [0.1, 0.15) is 32.8 Å². The molecule has 1 fully saturated rings. The van der Waals surface area contributed by atoms with Gasteiger partial charge in [-0.2, -0.15) is 11.8 Å². The summed E-state index contributed by atoms with van der Waals surface area (Å²) in [7, 11) is 0. The number of thioether (sulfide) groups is 1. The number of benzene rings is 1. The van der Waals surface area contributed by atoms with E-state index in [9.17, 15) is 0 Å². The summed E-state index contributed by atoms with van der Waals surface area (Å²) < 4.78 is 5.96. The van der Waals surface area contributed by atoms with Gasteiger partial charge >= 0.3 is 0 Å². The Hall–Kier alpha value is -0.470. The molecule has 1 aliphatic heterocycles. The van der Waals surface area contributed by atoms with Crippen molar-refractivity contribution in [3.05, 3.63) is 35.9 Å². The first-order valence-corrected chi connectivity index (χ1v) is 7.99. The molecule has 0 aromatic heterocycles. The molecule has 0 spiro atoms. The molecule has 0 aliphatic carbocycles. The Balaban J connectivity index is 1.89. The summed E-state index contributed by atoms with van der Waals surface area (Å²) in [4.78, 5) is 0. The maximum Gasteiger partial charge on any atom is 0.0699 e. The van der Waals surface area contributed by atoms with E-state index in [0.29, 0.717) is 17.3 Å². The van der Waals surface area contributed by atoms with Crippen molar-refractivity contribution in [2.75, 3.05) is 6.61 Å². The molecule has 0 bridgehead atoms. The lowest BCUT2D eigenvalue weighted by Gasteiger charge is -2.22. The maximum atomic E-state index is 5.96. The average Bonchev–Trinajstić information content (AvgIpc) is 2.68. The second-order valence-electron chi connectivity index (χ2n) is 5.74. The largest absolute Gasteiger partial charge is 0.377 e. The molecule has 1 aliphatic rings. The highest BCUT2D eigenvalue weighted by Gasteiger charge is 2.34. The van der Waals surface area contributed by atoms with Crippen molar-refractivity contribution in [3.63, 3.8) is 0 Å². The Morgan fingerprint density at radius 1 is 1.28 bits per heavy atom. The molecule has 0 saturated carbocycles. The second-order valence-corrected chi connectivity index (χ2v) is 6.91. The minimum atomic E-state index is 0.453. The van der Waals surface area contributed by atoms with Gasteiger partial charge in [0.1, 0.15) is 0 Å². The number of rotatable bonds is 5. The van der Waals surface area contributed by atoms with E-state index in [-0.39, 0.29) is 0 Å². The molecule has 2 rings (SSSR count). The van der Waals surface area contributed by atoms with Crippen molar-refractivity contribution in [1.82, 2.24) is 0 Å². The lowest BCUT2D eigenvalue weighted by molar-refractivity contribution is 0.0927. The van der Waals surface area contributed by atoms with Gasteiger partial charge in [-0.25, -0.2) is 0 Å². The van der Waals surface area contributed by atoms with Crippen LogP contribution in [0.3, 0.4) is 0 Å². The zero-order chi connectivity index (χ0) is 13.0. The highest BCUT2D eigenvalue weighted by molar-refractivity contribution is 7.99. The normalized spacial score (nSPS) is 27.9. The lowest BCUT2D eigenvalue weighted by atomic mass is 10.00. The molecule has 0 radical (unpaired) electrons. The summed E-state index contributed by atoms with van der Waals surface area (Å²) in [6.45, 7) is 7.82. The van der Waals surface area contributed by atoms with Gasteiger partial charge in [-0.05, 0) is 23.8 Å². The second kappa shape index (κ2) is 6.63. The van der Waals surface area contributed by atoms with E-state index in [4.69, 9.17) is 4.74 Å². The van der Waals surface area contributed by atoms with Gasteiger partial charge in [-0.1, -0.05) is 51.1 Å². The van der Waals surface area contributed by atoms with Gasteiger partial charge < -0.3 is 4.74 Å². The van der Waals surface area contributed by atoms with E-state index < -0.39 is 0 Å². The van der Waals surface area contributed by atoms with Gasteiger partial charge in [-0.15, -0.1) is 0 Å². The van der Waals surface area contributed by atoms with Crippen LogP contribution in [0.25, 0.3) is 0 Å². The van der Waals surface area contributed by atoms with E-state index in [0.717, 1.165) is 18.3 Å². The van der Waals surface area contributed by atoms with Crippen molar-refractivity contribution in [2.45, 2.75) is 44.3 Å². The molecule has 1 nitrogen and oxygen atoms in total. The first-order chi connectivity index (χ1) is 8.66. The van der Waals surface area contributed by atoms with Gasteiger partial charge in [0.2, 0.25) is 0 Å². The monoisotopic (exact) mass is 264 g/mol. The predicted octanol–water partition coefficient (Wildman–Crippen LogP) is 4.37. The van der Waals surface area contributed by atoms with E-state index >= 15 is 0 Å². The first-order valence-electron chi connectivity index (χ1n) is 6.94. The third-order valence-electron chi connectivity index (χ3n) is 3.49. The van der Waals surface area contributed by atoms with Crippen molar-refractivity contribution in [2.24, 2.45) is 11.8 Å². The van der Waals surface area contributed by atoms with E-state index in [2.05, 4.69) is 62.9 Å². The minimum absolute atomic E-state index is 0.453. The Bertz CT molecular complexity index is 349. The van der Waals surface area contributed by atoms with Crippen molar-refractivity contribution >= 4 is 11.8 Å². The quantitative estimate of drug-likeness (QED) is 0.781. The zero-order valence-electron chi connectivity index (χ0n) is 11.6. The molecule has 0 unspecified atom stereocenters. The van der Waals surface area contributed by atoms with Crippen molar-refractivity contribution < 1.29 is 4.74 Å². The summed E-state index contributed by atoms with van der Waals surface area (Å²) in [5.74, 6) is 2.51. The third kappa shape index (κ3) is 3.76. The SMILES string of the molecule is CC(C)C[C@H]1OC[C@H](C)[C@H]1SCc1ccccc1. The molecule has 18 heavy (non-hydrogen) atoms. The van der Waals surface area contributed by atoms with Gasteiger partial charge in [0, 0.05) is 11.0 Å².